The molecule has 24 heavy (non-hydrogen) atoms. The number of imide groups is 1. The van der Waals surface area contributed by atoms with E-state index < -0.39 is 10.0 Å². The Morgan fingerprint density at radius 2 is 1.83 bits per heavy atom. The third kappa shape index (κ3) is 3.93. The van der Waals surface area contributed by atoms with Crippen molar-refractivity contribution >= 4 is 27.5 Å². The lowest BCUT2D eigenvalue weighted by Gasteiger charge is -2.17. The van der Waals surface area contributed by atoms with Crippen molar-refractivity contribution < 1.29 is 22.7 Å². The molecule has 2 amide bonds. The highest BCUT2D eigenvalue weighted by Crippen LogP contribution is 2.31. The van der Waals surface area contributed by atoms with Crippen LogP contribution in [-0.2, 0) is 19.6 Å². The summed E-state index contributed by atoms with van der Waals surface area (Å²) >= 11 is 0. The van der Waals surface area contributed by atoms with Gasteiger partial charge in [-0.05, 0) is 30.5 Å². The number of amides is 2. The van der Waals surface area contributed by atoms with Crippen LogP contribution in [0, 0.1) is 5.92 Å². The van der Waals surface area contributed by atoms with Crippen molar-refractivity contribution in [2.45, 2.75) is 38.0 Å². The fraction of sp³-hybridized carbons (Fsp3) is 0.500. The first kappa shape index (κ1) is 18.4. The van der Waals surface area contributed by atoms with Gasteiger partial charge in [0.15, 0.2) is 0 Å². The first-order valence-corrected chi connectivity index (χ1v) is 9.28. The van der Waals surface area contributed by atoms with E-state index in [0.717, 1.165) is 4.90 Å². The third-order valence-electron chi connectivity index (χ3n) is 3.76. The molecular weight excluding hydrogens is 332 g/mol. The smallest absolute Gasteiger partial charge is 0.244 e. The molecule has 1 saturated heterocycles. The molecule has 0 aromatic heterocycles. The Labute approximate surface area is 142 Å². The number of hydrogen-bond acceptors (Lipinski definition) is 5. The lowest BCUT2D eigenvalue weighted by molar-refractivity contribution is -0.121. The number of nitrogens with zero attached hydrogens (tertiary/aromatic N) is 1. The number of anilines is 1. The van der Waals surface area contributed by atoms with Crippen LogP contribution >= 0.6 is 0 Å². The average Bonchev–Trinajstić information content (AvgIpc) is 2.85. The fourth-order valence-electron chi connectivity index (χ4n) is 2.44. The van der Waals surface area contributed by atoms with Crippen molar-refractivity contribution in [3.63, 3.8) is 0 Å². The lowest BCUT2D eigenvalue weighted by atomic mass is 10.1. The highest BCUT2D eigenvalue weighted by atomic mass is 32.2. The molecule has 1 aromatic carbocycles. The van der Waals surface area contributed by atoms with Gasteiger partial charge in [0.05, 0.1) is 12.8 Å². The summed E-state index contributed by atoms with van der Waals surface area (Å²) in [6.07, 6.45) is 0.976. The van der Waals surface area contributed by atoms with Crippen LogP contribution in [0.1, 0.15) is 33.1 Å². The van der Waals surface area contributed by atoms with E-state index in [4.69, 9.17) is 4.74 Å². The second kappa shape index (κ2) is 7.31. The molecule has 0 saturated carbocycles. The summed E-state index contributed by atoms with van der Waals surface area (Å²) in [5.74, 6) is -0.141. The standard InChI is InChI=1S/C16H22N2O5S/c1-11(2)8-9-17-24(21,22)14-10-12(4-5-13(14)23-3)18-15(19)6-7-16(18)20/h4-5,10-11,17H,6-9H2,1-3H3. The van der Waals surface area contributed by atoms with Crippen molar-refractivity contribution in [3.05, 3.63) is 18.2 Å². The van der Waals surface area contributed by atoms with Crippen molar-refractivity contribution in [1.29, 1.82) is 0 Å². The van der Waals surface area contributed by atoms with Crippen molar-refractivity contribution in [2.24, 2.45) is 5.92 Å². The van der Waals surface area contributed by atoms with Crippen LogP contribution in [0.2, 0.25) is 0 Å². The zero-order valence-corrected chi connectivity index (χ0v) is 14.9. The molecule has 1 aliphatic rings. The number of methoxy groups -OCH3 is 1. The first-order valence-electron chi connectivity index (χ1n) is 7.79. The van der Waals surface area contributed by atoms with Crippen LogP contribution in [0.4, 0.5) is 5.69 Å². The summed E-state index contributed by atoms with van der Waals surface area (Å²) in [5, 5.41) is 0. The van der Waals surface area contributed by atoms with E-state index in [-0.39, 0.29) is 41.0 Å². The predicted molar refractivity (Wildman–Crippen MR) is 89.4 cm³/mol. The number of benzene rings is 1. The molecule has 8 heteroatoms. The van der Waals surface area contributed by atoms with E-state index in [2.05, 4.69) is 4.72 Å². The third-order valence-corrected chi connectivity index (χ3v) is 5.24. The summed E-state index contributed by atoms with van der Waals surface area (Å²) in [4.78, 5) is 24.6. The minimum atomic E-state index is -3.81. The Hall–Kier alpha value is -1.93. The number of hydrogen-bond donors (Lipinski definition) is 1. The second-order valence-corrected chi connectivity index (χ2v) is 7.77. The van der Waals surface area contributed by atoms with Crippen molar-refractivity contribution in [2.75, 3.05) is 18.6 Å². The fourth-order valence-corrected chi connectivity index (χ4v) is 3.67. The van der Waals surface area contributed by atoms with Gasteiger partial charge < -0.3 is 4.74 Å². The van der Waals surface area contributed by atoms with E-state index >= 15 is 0 Å². The molecule has 0 unspecified atom stereocenters. The number of sulfonamides is 1. The van der Waals surface area contributed by atoms with Gasteiger partial charge in [-0.25, -0.2) is 13.1 Å². The summed E-state index contributed by atoms with van der Waals surface area (Å²) in [6.45, 7) is 4.30. The molecule has 0 radical (unpaired) electrons. The van der Waals surface area contributed by atoms with Crippen LogP contribution in [0.15, 0.2) is 23.1 Å². The second-order valence-electron chi connectivity index (χ2n) is 6.04. The van der Waals surface area contributed by atoms with Crippen molar-refractivity contribution in [3.8, 4) is 5.75 Å². The van der Waals surface area contributed by atoms with E-state index in [1.165, 1.54) is 25.3 Å². The number of carbonyl (C=O) groups is 2. The number of carbonyl (C=O) groups excluding carboxylic acids is 2. The van der Waals surface area contributed by atoms with Crippen LogP contribution < -0.4 is 14.4 Å². The van der Waals surface area contributed by atoms with Gasteiger partial charge in [-0.3, -0.25) is 14.5 Å². The summed E-state index contributed by atoms with van der Waals surface area (Å²) < 4.78 is 32.7. The minimum Gasteiger partial charge on any atom is -0.495 e. The molecule has 1 aromatic rings. The van der Waals surface area contributed by atoms with E-state index in [9.17, 15) is 18.0 Å². The Morgan fingerprint density at radius 3 is 2.38 bits per heavy atom. The summed E-state index contributed by atoms with van der Waals surface area (Å²) in [7, 11) is -2.44. The molecule has 0 spiro atoms. The van der Waals surface area contributed by atoms with Crippen molar-refractivity contribution in [1.82, 2.24) is 4.72 Å². The maximum absolute atomic E-state index is 12.5. The van der Waals surface area contributed by atoms with Gasteiger partial charge in [-0.2, -0.15) is 0 Å². The SMILES string of the molecule is COc1ccc(N2C(=O)CCC2=O)cc1S(=O)(=O)NCCC(C)C. The topological polar surface area (TPSA) is 92.8 Å². The largest absolute Gasteiger partial charge is 0.495 e. The van der Waals surface area contributed by atoms with Crippen LogP contribution in [0.25, 0.3) is 0 Å². The van der Waals surface area contributed by atoms with Gasteiger partial charge in [-0.1, -0.05) is 13.8 Å². The Morgan fingerprint density at radius 1 is 1.21 bits per heavy atom. The maximum Gasteiger partial charge on any atom is 0.244 e. The van der Waals surface area contributed by atoms with Gasteiger partial charge in [0.25, 0.3) is 0 Å². The molecule has 1 heterocycles. The van der Waals surface area contributed by atoms with Crippen LogP contribution in [0.3, 0.4) is 0 Å². The summed E-state index contributed by atoms with van der Waals surface area (Å²) in [6, 6.07) is 4.26. The Bertz CT molecular complexity index is 727. The maximum atomic E-state index is 12.5. The molecule has 1 aliphatic heterocycles. The quantitative estimate of drug-likeness (QED) is 0.752. The Balaban J connectivity index is 2.35. The van der Waals surface area contributed by atoms with E-state index in [0.29, 0.717) is 18.9 Å². The first-order chi connectivity index (χ1) is 11.3. The normalized spacial score (nSPS) is 15.4. The number of rotatable bonds is 7. The molecule has 132 valence electrons. The molecule has 0 bridgehead atoms. The minimum absolute atomic E-state index is 0.0845. The van der Waals surface area contributed by atoms with Gasteiger partial charge >= 0.3 is 0 Å². The molecule has 0 atom stereocenters. The van der Waals surface area contributed by atoms with E-state index in [1.54, 1.807) is 0 Å². The zero-order chi connectivity index (χ0) is 17.9. The van der Waals surface area contributed by atoms with Gasteiger partial charge in [-0.15, -0.1) is 0 Å². The zero-order valence-electron chi connectivity index (χ0n) is 14.0. The monoisotopic (exact) mass is 354 g/mol. The Kier molecular flexibility index (Phi) is 5.61. The summed E-state index contributed by atoms with van der Waals surface area (Å²) in [5.41, 5.74) is 0.243. The molecule has 2 rings (SSSR count). The molecule has 1 N–H and O–H groups in total. The highest BCUT2D eigenvalue weighted by Gasteiger charge is 2.31. The predicted octanol–water partition coefficient (Wildman–Crippen LogP) is 1.67. The number of ether oxygens (including phenoxy) is 1. The van der Waals surface area contributed by atoms with Gasteiger partial charge in [0.1, 0.15) is 10.6 Å². The number of nitrogens with one attached hydrogen (secondary N) is 1. The average molecular weight is 354 g/mol. The molecule has 0 aliphatic carbocycles. The highest BCUT2D eigenvalue weighted by molar-refractivity contribution is 7.89. The van der Waals surface area contributed by atoms with Crippen LogP contribution in [0.5, 0.6) is 5.75 Å². The lowest BCUT2D eigenvalue weighted by Crippen LogP contribution is -2.30. The molecule has 7 nitrogen and oxygen atoms in total. The van der Waals surface area contributed by atoms with Crippen LogP contribution in [-0.4, -0.2) is 33.9 Å². The van der Waals surface area contributed by atoms with Gasteiger partial charge in [0.2, 0.25) is 21.8 Å². The molecular formula is C16H22N2O5S. The van der Waals surface area contributed by atoms with Gasteiger partial charge in [0, 0.05) is 19.4 Å². The van der Waals surface area contributed by atoms with E-state index in [1.807, 2.05) is 13.8 Å². The molecule has 1 fully saturated rings.